The number of nitrogens with zero attached hydrogens (tertiary/aromatic N) is 1. The van der Waals surface area contributed by atoms with Crippen LogP contribution in [-0.2, 0) is 9.63 Å². The van der Waals surface area contributed by atoms with Crippen LogP contribution in [0.15, 0.2) is 5.16 Å². The molecule has 4 nitrogen and oxygen atoms in total. The van der Waals surface area contributed by atoms with Crippen molar-refractivity contribution in [2.75, 3.05) is 5.88 Å². The molecule has 0 atom stereocenters. The van der Waals surface area contributed by atoms with Crippen molar-refractivity contribution in [3.05, 3.63) is 0 Å². The number of oxime groups is 1. The summed E-state index contributed by atoms with van der Waals surface area (Å²) in [6.45, 7) is 0. The molecule has 2 N–H and O–H groups in total. The van der Waals surface area contributed by atoms with Gasteiger partial charge in [0.1, 0.15) is 12.2 Å². The monoisotopic (exact) mass is 136 g/mol. The van der Waals surface area contributed by atoms with Crippen molar-refractivity contribution in [2.24, 2.45) is 10.9 Å². The number of alkyl halides is 1. The molecule has 0 unspecified atom stereocenters. The van der Waals surface area contributed by atoms with E-state index in [0.717, 1.165) is 6.34 Å². The minimum absolute atomic E-state index is 0.211. The fourth-order valence-corrected chi connectivity index (χ4v) is 0.162. The lowest BCUT2D eigenvalue weighted by atomic mass is 10.8. The van der Waals surface area contributed by atoms with E-state index in [1.165, 1.54) is 0 Å². The van der Waals surface area contributed by atoms with Gasteiger partial charge in [0.15, 0.2) is 0 Å². The Labute approximate surface area is 51.2 Å². The number of nitrogens with two attached hydrogens (primary N) is 1. The lowest BCUT2D eigenvalue weighted by molar-refractivity contribution is -0.140. The van der Waals surface area contributed by atoms with Gasteiger partial charge in [0.2, 0.25) is 0 Å². The first-order chi connectivity index (χ1) is 3.81. The summed E-state index contributed by atoms with van der Waals surface area (Å²) in [5.74, 6) is -0.828. The van der Waals surface area contributed by atoms with Crippen molar-refractivity contribution in [1.82, 2.24) is 0 Å². The summed E-state index contributed by atoms with van der Waals surface area (Å²) in [5.41, 5.74) is 4.72. The van der Waals surface area contributed by atoms with Gasteiger partial charge in [0.05, 0.1) is 0 Å². The molecule has 8 heavy (non-hydrogen) atoms. The fraction of sp³-hybridized carbons (Fsp3) is 0.333. The first kappa shape index (κ1) is 7.23. The summed E-state index contributed by atoms with van der Waals surface area (Å²) >= 11 is 5.00. The molecule has 0 saturated heterocycles. The molecule has 0 aromatic rings. The van der Waals surface area contributed by atoms with Gasteiger partial charge >= 0.3 is 5.97 Å². The van der Waals surface area contributed by atoms with Gasteiger partial charge in [-0.3, -0.25) is 0 Å². The molecule has 0 radical (unpaired) electrons. The van der Waals surface area contributed by atoms with Gasteiger partial charge in [0, 0.05) is 0 Å². The largest absolute Gasteiger partial charge is 0.387 e. The number of rotatable bonds is 2. The van der Waals surface area contributed by atoms with E-state index in [4.69, 9.17) is 17.3 Å². The molecule has 5 heteroatoms. The van der Waals surface area contributed by atoms with E-state index in [2.05, 4.69) is 9.99 Å². The van der Waals surface area contributed by atoms with Gasteiger partial charge in [-0.1, -0.05) is 5.16 Å². The Morgan fingerprint density at radius 1 is 2.00 bits per heavy atom. The number of hydrogen-bond acceptors (Lipinski definition) is 3. The predicted octanol–water partition coefficient (Wildman–Crippen LogP) is -0.330. The Morgan fingerprint density at radius 2 is 2.62 bits per heavy atom. The molecule has 0 aliphatic rings. The number of halogens is 1. The molecule has 0 amide bonds. The van der Waals surface area contributed by atoms with Crippen LogP contribution in [0.4, 0.5) is 0 Å². The van der Waals surface area contributed by atoms with Crippen LogP contribution in [0, 0.1) is 0 Å². The highest BCUT2D eigenvalue weighted by atomic mass is 35.5. The summed E-state index contributed by atoms with van der Waals surface area (Å²) in [5, 5.41) is 2.96. The average molecular weight is 137 g/mol. The van der Waals surface area contributed by atoms with Crippen molar-refractivity contribution in [2.45, 2.75) is 0 Å². The maximum absolute atomic E-state index is 10.0. The molecular formula is C3H5ClN2O2. The predicted molar refractivity (Wildman–Crippen MR) is 29.5 cm³/mol. The summed E-state index contributed by atoms with van der Waals surface area (Å²) in [6.07, 6.45) is 0.866. The zero-order valence-corrected chi connectivity index (χ0v) is 4.76. The van der Waals surface area contributed by atoms with Crippen LogP contribution in [0.2, 0.25) is 0 Å². The molecule has 0 saturated carbocycles. The minimum Gasteiger partial charge on any atom is -0.387 e. The summed E-state index contributed by atoms with van der Waals surface area (Å²) in [6, 6.07) is 0. The molecule has 0 heterocycles. The van der Waals surface area contributed by atoms with Crippen molar-refractivity contribution in [1.29, 1.82) is 0 Å². The fourth-order valence-electron chi connectivity index (χ4n) is 0.114. The number of carbonyl (C=O) groups is 1. The molecule has 0 spiro atoms. The lowest BCUT2D eigenvalue weighted by Gasteiger charge is -1.86. The van der Waals surface area contributed by atoms with Crippen LogP contribution in [0.3, 0.4) is 0 Å². The molecule has 0 bridgehead atoms. The smallest absolute Gasteiger partial charge is 0.349 e. The SMILES string of the molecule is N/C=N\OC(=O)CCl. The maximum atomic E-state index is 10.0. The van der Waals surface area contributed by atoms with E-state index in [-0.39, 0.29) is 5.88 Å². The summed E-state index contributed by atoms with van der Waals surface area (Å²) in [7, 11) is 0. The third-order valence-electron chi connectivity index (χ3n) is 0.324. The first-order valence-electron chi connectivity index (χ1n) is 1.80. The highest BCUT2D eigenvalue weighted by Gasteiger charge is 1.94. The zero-order valence-electron chi connectivity index (χ0n) is 4.00. The van der Waals surface area contributed by atoms with Gasteiger partial charge in [0.25, 0.3) is 0 Å². The van der Waals surface area contributed by atoms with Crippen LogP contribution in [-0.4, -0.2) is 18.2 Å². The van der Waals surface area contributed by atoms with E-state index in [1.807, 2.05) is 0 Å². The van der Waals surface area contributed by atoms with Crippen molar-refractivity contribution in [3.8, 4) is 0 Å². The molecule has 0 aliphatic carbocycles. The van der Waals surface area contributed by atoms with Gasteiger partial charge in [-0.05, 0) is 0 Å². The lowest BCUT2D eigenvalue weighted by Crippen LogP contribution is -2.01. The second kappa shape index (κ2) is 4.39. The normalized spacial score (nSPS) is 9.62. The van der Waals surface area contributed by atoms with E-state index < -0.39 is 5.97 Å². The standard InChI is InChI=1S/C3H5ClN2O2/c4-1-3(7)8-6-2-5/h2H,1H2,(H2,5,6). The third kappa shape index (κ3) is 3.42. The second-order valence-electron chi connectivity index (χ2n) is 0.851. The highest BCUT2D eigenvalue weighted by molar-refractivity contribution is 6.26. The van der Waals surface area contributed by atoms with E-state index in [1.54, 1.807) is 0 Å². The van der Waals surface area contributed by atoms with E-state index in [0.29, 0.717) is 0 Å². The third-order valence-corrected chi connectivity index (χ3v) is 0.543. The van der Waals surface area contributed by atoms with Gasteiger partial charge in [-0.2, -0.15) is 0 Å². The Bertz CT molecular complexity index is 103. The van der Waals surface area contributed by atoms with Crippen molar-refractivity contribution < 1.29 is 9.63 Å². The molecule has 0 aromatic heterocycles. The first-order valence-corrected chi connectivity index (χ1v) is 2.34. The highest BCUT2D eigenvalue weighted by Crippen LogP contribution is 1.80. The van der Waals surface area contributed by atoms with Gasteiger partial charge in [-0.15, -0.1) is 11.6 Å². The molecule has 0 aliphatic heterocycles. The Balaban J connectivity index is 3.25. The van der Waals surface area contributed by atoms with Gasteiger partial charge < -0.3 is 10.6 Å². The average Bonchev–Trinajstić information content (AvgIpc) is 1.83. The maximum Gasteiger partial charge on any atom is 0.349 e. The van der Waals surface area contributed by atoms with Crippen LogP contribution in [0.5, 0.6) is 0 Å². The number of carbonyl (C=O) groups excluding carboxylic acids is 1. The topological polar surface area (TPSA) is 64.7 Å². The van der Waals surface area contributed by atoms with Crippen molar-refractivity contribution >= 4 is 23.9 Å². The second-order valence-corrected chi connectivity index (χ2v) is 1.12. The van der Waals surface area contributed by atoms with Gasteiger partial charge in [-0.25, -0.2) is 4.79 Å². The van der Waals surface area contributed by atoms with Crippen molar-refractivity contribution in [3.63, 3.8) is 0 Å². The minimum atomic E-state index is -0.617. The Kier molecular flexibility index (Phi) is 3.97. The van der Waals surface area contributed by atoms with E-state index >= 15 is 0 Å². The quantitative estimate of drug-likeness (QED) is 0.186. The Hall–Kier alpha value is -0.770. The zero-order chi connectivity index (χ0) is 6.41. The van der Waals surface area contributed by atoms with E-state index in [9.17, 15) is 4.79 Å². The molecule has 0 aromatic carbocycles. The summed E-state index contributed by atoms with van der Waals surface area (Å²) < 4.78 is 0. The molecule has 0 fully saturated rings. The van der Waals surface area contributed by atoms with Crippen LogP contribution in [0.25, 0.3) is 0 Å². The van der Waals surface area contributed by atoms with Crippen LogP contribution >= 0.6 is 11.6 Å². The van der Waals surface area contributed by atoms with Crippen LogP contribution < -0.4 is 5.73 Å². The molecular weight excluding hydrogens is 131 g/mol. The van der Waals surface area contributed by atoms with Crippen LogP contribution in [0.1, 0.15) is 0 Å². The Morgan fingerprint density at radius 3 is 3.00 bits per heavy atom. The molecule has 0 rings (SSSR count). The molecule has 46 valence electrons. The number of hydrogen-bond donors (Lipinski definition) is 1. The summed E-state index contributed by atoms with van der Waals surface area (Å²) in [4.78, 5) is 14.1.